The Hall–Kier alpha value is -1.76. The molecule has 0 spiro atoms. The Kier molecular flexibility index (Phi) is 5.22. The molecule has 5 atom stereocenters. The lowest BCUT2D eigenvalue weighted by molar-refractivity contribution is -0.151. The number of alkyl carbamates (subject to hydrolysis) is 1. The second-order valence-corrected chi connectivity index (χ2v) is 6.96. The lowest BCUT2D eigenvalue weighted by Crippen LogP contribution is -2.45. The van der Waals surface area contributed by atoms with Gasteiger partial charge in [-0.05, 0) is 12.8 Å². The van der Waals surface area contributed by atoms with Crippen LogP contribution in [0.3, 0.4) is 0 Å². The van der Waals surface area contributed by atoms with Gasteiger partial charge in [0.2, 0.25) is 0 Å². The minimum absolute atomic E-state index is 0.0687. The fraction of sp³-hybridized carbons (Fsp3) is 0.778. The molecule has 3 aliphatic rings. The highest BCUT2D eigenvalue weighted by Gasteiger charge is 2.72. The van der Waals surface area contributed by atoms with Crippen molar-refractivity contribution in [3.8, 4) is 0 Å². The van der Waals surface area contributed by atoms with E-state index in [-0.39, 0.29) is 23.5 Å². The highest BCUT2D eigenvalue weighted by molar-refractivity contribution is 5.89. The van der Waals surface area contributed by atoms with Gasteiger partial charge in [0.15, 0.2) is 0 Å². The van der Waals surface area contributed by atoms with Crippen LogP contribution < -0.4 is 5.32 Å². The van der Waals surface area contributed by atoms with Crippen molar-refractivity contribution in [3.63, 3.8) is 0 Å². The van der Waals surface area contributed by atoms with Crippen LogP contribution >= 0.6 is 0 Å². The number of amides is 1. The van der Waals surface area contributed by atoms with E-state index in [0.717, 1.165) is 25.7 Å². The molecule has 0 bridgehead atoms. The van der Waals surface area contributed by atoms with Gasteiger partial charge in [-0.1, -0.05) is 32.6 Å². The lowest BCUT2D eigenvalue weighted by Gasteiger charge is -2.36. The Balaban J connectivity index is 1.78. The van der Waals surface area contributed by atoms with Gasteiger partial charge in [0.1, 0.15) is 5.60 Å². The molecule has 0 aromatic heterocycles. The summed E-state index contributed by atoms with van der Waals surface area (Å²) < 4.78 is 21.9. The summed E-state index contributed by atoms with van der Waals surface area (Å²) in [4.78, 5) is 23.8. The smallest absolute Gasteiger partial charge is 0.409 e. The van der Waals surface area contributed by atoms with Crippen LogP contribution in [-0.2, 0) is 23.7 Å². The Morgan fingerprint density at radius 1 is 1.36 bits per heavy atom. The van der Waals surface area contributed by atoms with Crippen LogP contribution in [0.5, 0.6) is 0 Å². The summed E-state index contributed by atoms with van der Waals surface area (Å²) >= 11 is 0. The number of rotatable bonds is 7. The number of ether oxygens (including phenoxy) is 4. The van der Waals surface area contributed by atoms with Crippen molar-refractivity contribution >= 4 is 12.1 Å². The summed E-state index contributed by atoms with van der Waals surface area (Å²) in [5, 5.41) is 2.44. The van der Waals surface area contributed by atoms with Crippen LogP contribution in [-0.4, -0.2) is 44.2 Å². The Labute approximate surface area is 148 Å². The number of methoxy groups -OCH3 is 1. The van der Waals surface area contributed by atoms with Crippen molar-refractivity contribution in [3.05, 3.63) is 11.8 Å². The van der Waals surface area contributed by atoms with E-state index in [1.807, 2.05) is 0 Å². The zero-order chi connectivity index (χ0) is 18.0. The minimum atomic E-state index is -0.753. The maximum Gasteiger partial charge on any atom is 0.409 e. The van der Waals surface area contributed by atoms with Gasteiger partial charge in [-0.2, -0.15) is 0 Å². The molecule has 25 heavy (non-hydrogen) atoms. The molecule has 2 fully saturated rings. The van der Waals surface area contributed by atoms with Crippen molar-refractivity contribution < 1.29 is 28.5 Å². The molecule has 3 rings (SSSR count). The standard InChI is InChI=1S/C18H27NO6/c1-4-5-6-7-8-18-13(25-18)9-11-12(15(20)22-3)10-23-16(14(11)18)24-17(21)19-2/h10-11,13-14,16H,4-9H2,1-3H3,(H,19,21). The molecule has 140 valence electrons. The monoisotopic (exact) mass is 353 g/mol. The predicted molar refractivity (Wildman–Crippen MR) is 88.5 cm³/mol. The zero-order valence-electron chi connectivity index (χ0n) is 15.1. The number of hydrogen-bond acceptors (Lipinski definition) is 6. The van der Waals surface area contributed by atoms with E-state index in [1.54, 1.807) is 0 Å². The first-order valence-electron chi connectivity index (χ1n) is 9.07. The summed E-state index contributed by atoms with van der Waals surface area (Å²) in [5.74, 6) is -0.646. The first-order valence-corrected chi connectivity index (χ1v) is 9.07. The Morgan fingerprint density at radius 2 is 2.16 bits per heavy atom. The predicted octanol–water partition coefficient (Wildman–Crippen LogP) is 2.50. The average molecular weight is 353 g/mol. The molecule has 7 heteroatoms. The van der Waals surface area contributed by atoms with E-state index >= 15 is 0 Å². The van der Waals surface area contributed by atoms with E-state index in [0.29, 0.717) is 5.57 Å². The van der Waals surface area contributed by atoms with Crippen LogP contribution in [0.25, 0.3) is 0 Å². The number of carbonyl (C=O) groups is 2. The number of hydrogen-bond donors (Lipinski definition) is 1. The van der Waals surface area contributed by atoms with Gasteiger partial charge < -0.3 is 24.3 Å². The number of fused-ring (bicyclic) bond motifs is 3. The fourth-order valence-electron chi connectivity index (χ4n) is 4.34. The highest BCUT2D eigenvalue weighted by Crippen LogP contribution is 2.63. The molecule has 2 aliphatic heterocycles. The minimum Gasteiger partial charge on any atom is -0.466 e. The SMILES string of the molecule is CCCCCCC12OC1CC1C(C(=O)OC)=COC(OC(=O)NC)C12. The molecule has 2 heterocycles. The lowest BCUT2D eigenvalue weighted by atomic mass is 9.79. The van der Waals surface area contributed by atoms with Gasteiger partial charge in [-0.15, -0.1) is 0 Å². The third kappa shape index (κ3) is 3.21. The maximum absolute atomic E-state index is 12.1. The molecule has 0 aromatic carbocycles. The molecule has 0 radical (unpaired) electrons. The van der Waals surface area contributed by atoms with E-state index in [2.05, 4.69) is 12.2 Å². The first kappa shape index (κ1) is 18.0. The van der Waals surface area contributed by atoms with Crippen LogP contribution in [0.4, 0.5) is 4.79 Å². The van der Waals surface area contributed by atoms with E-state index in [4.69, 9.17) is 18.9 Å². The van der Waals surface area contributed by atoms with Crippen molar-refractivity contribution in [1.82, 2.24) is 5.32 Å². The molecule has 5 unspecified atom stereocenters. The van der Waals surface area contributed by atoms with E-state index < -0.39 is 18.4 Å². The van der Waals surface area contributed by atoms with Crippen molar-refractivity contribution in [1.29, 1.82) is 0 Å². The molecule has 0 aromatic rings. The first-order chi connectivity index (χ1) is 12.1. The van der Waals surface area contributed by atoms with Crippen LogP contribution in [0.15, 0.2) is 11.8 Å². The summed E-state index contributed by atoms with van der Waals surface area (Å²) in [6, 6.07) is 0. The van der Waals surface area contributed by atoms with Gasteiger partial charge in [0.25, 0.3) is 6.29 Å². The van der Waals surface area contributed by atoms with Gasteiger partial charge >= 0.3 is 12.1 Å². The largest absolute Gasteiger partial charge is 0.466 e. The maximum atomic E-state index is 12.1. The summed E-state index contributed by atoms with van der Waals surface area (Å²) in [7, 11) is 2.86. The summed E-state index contributed by atoms with van der Waals surface area (Å²) in [6.07, 6.45) is 6.36. The number of nitrogens with one attached hydrogen (secondary N) is 1. The molecular weight excluding hydrogens is 326 g/mol. The number of epoxide rings is 1. The normalized spacial score (nSPS) is 34.9. The molecule has 1 saturated heterocycles. The van der Waals surface area contributed by atoms with Gasteiger partial charge in [-0.3, -0.25) is 0 Å². The fourth-order valence-corrected chi connectivity index (χ4v) is 4.34. The van der Waals surface area contributed by atoms with Crippen molar-refractivity contribution in [2.45, 2.75) is 63.4 Å². The molecule has 1 N–H and O–H groups in total. The van der Waals surface area contributed by atoms with E-state index in [9.17, 15) is 9.59 Å². The third-order valence-corrected chi connectivity index (χ3v) is 5.61. The van der Waals surface area contributed by atoms with Gasteiger partial charge in [-0.25, -0.2) is 9.59 Å². The molecule has 1 aliphatic carbocycles. The number of unbranched alkanes of at least 4 members (excludes halogenated alkanes) is 3. The molecular formula is C18H27NO6. The molecule has 1 saturated carbocycles. The summed E-state index contributed by atoms with van der Waals surface area (Å²) in [6.45, 7) is 2.18. The van der Waals surface area contributed by atoms with Crippen molar-refractivity contribution in [2.24, 2.45) is 11.8 Å². The van der Waals surface area contributed by atoms with Gasteiger partial charge in [0.05, 0.1) is 31.0 Å². The number of esters is 1. The second-order valence-electron chi connectivity index (χ2n) is 6.96. The van der Waals surface area contributed by atoms with Crippen LogP contribution in [0.2, 0.25) is 0 Å². The zero-order valence-corrected chi connectivity index (χ0v) is 15.1. The van der Waals surface area contributed by atoms with Crippen molar-refractivity contribution in [2.75, 3.05) is 14.2 Å². The number of carbonyl (C=O) groups excluding carboxylic acids is 2. The second kappa shape index (κ2) is 7.23. The Morgan fingerprint density at radius 3 is 2.84 bits per heavy atom. The van der Waals surface area contributed by atoms with Crippen LogP contribution in [0, 0.1) is 11.8 Å². The third-order valence-electron chi connectivity index (χ3n) is 5.61. The quantitative estimate of drug-likeness (QED) is 0.430. The van der Waals surface area contributed by atoms with Crippen LogP contribution in [0.1, 0.15) is 45.4 Å². The van der Waals surface area contributed by atoms with E-state index in [1.165, 1.54) is 33.3 Å². The topological polar surface area (TPSA) is 86.4 Å². The molecule has 1 amide bonds. The summed E-state index contributed by atoms with van der Waals surface area (Å²) in [5.41, 5.74) is 0.151. The molecule has 7 nitrogen and oxygen atoms in total. The highest BCUT2D eigenvalue weighted by atomic mass is 16.7. The average Bonchev–Trinajstić information content (AvgIpc) is 3.22. The van der Waals surface area contributed by atoms with Gasteiger partial charge in [0, 0.05) is 13.0 Å². The Bertz CT molecular complexity index is 562.